The van der Waals surface area contributed by atoms with E-state index in [2.05, 4.69) is 10.3 Å². The van der Waals surface area contributed by atoms with E-state index >= 15 is 0 Å². The molecule has 3 rings (SSSR count). The summed E-state index contributed by atoms with van der Waals surface area (Å²) in [6.07, 6.45) is 1.44. The minimum absolute atomic E-state index is 0.0826. The van der Waals surface area contributed by atoms with Gasteiger partial charge in [0, 0.05) is 11.8 Å². The second-order valence-corrected chi connectivity index (χ2v) is 5.98. The number of H-pyrrole nitrogens is 1. The van der Waals surface area contributed by atoms with Gasteiger partial charge in [-0.25, -0.2) is 0 Å². The molecule has 0 aliphatic rings. The maximum absolute atomic E-state index is 12.4. The summed E-state index contributed by atoms with van der Waals surface area (Å²) < 4.78 is 0. The lowest BCUT2D eigenvalue weighted by atomic mass is 10.0. The van der Waals surface area contributed by atoms with Gasteiger partial charge in [-0.05, 0) is 43.2 Å². The molecule has 126 valence electrons. The standard InChI is InChI=1S/C20H18N2O3/c1-12-4-3-5-14(8-12)17-10-15(11-21-19(17)24)22-20(25)16-7-6-13(2)9-18(16)23/h3-11,23H,1-2H3,(H,21,24)(H,22,25). The van der Waals surface area contributed by atoms with Crippen molar-refractivity contribution in [2.75, 3.05) is 5.32 Å². The van der Waals surface area contributed by atoms with Crippen molar-refractivity contribution in [2.24, 2.45) is 0 Å². The summed E-state index contributed by atoms with van der Waals surface area (Å²) >= 11 is 0. The number of aryl methyl sites for hydroxylation is 2. The van der Waals surface area contributed by atoms with Crippen molar-refractivity contribution in [1.82, 2.24) is 4.98 Å². The van der Waals surface area contributed by atoms with E-state index < -0.39 is 5.91 Å². The number of aromatic hydroxyl groups is 1. The predicted octanol–water partition coefficient (Wildman–Crippen LogP) is 3.62. The Hall–Kier alpha value is -3.34. The quantitative estimate of drug-likeness (QED) is 0.684. The zero-order valence-corrected chi connectivity index (χ0v) is 14.0. The largest absolute Gasteiger partial charge is 0.507 e. The molecule has 0 radical (unpaired) electrons. The highest BCUT2D eigenvalue weighted by Crippen LogP contribution is 2.22. The van der Waals surface area contributed by atoms with E-state index in [1.807, 2.05) is 38.1 Å². The van der Waals surface area contributed by atoms with Crippen LogP contribution in [-0.2, 0) is 0 Å². The molecule has 1 heterocycles. The Kier molecular flexibility index (Phi) is 4.39. The molecule has 0 saturated heterocycles. The molecule has 0 unspecified atom stereocenters. The van der Waals surface area contributed by atoms with Gasteiger partial charge in [0.15, 0.2) is 0 Å². The van der Waals surface area contributed by atoms with Gasteiger partial charge in [-0.1, -0.05) is 35.9 Å². The Morgan fingerprint density at radius 1 is 1.04 bits per heavy atom. The molecule has 0 saturated carbocycles. The van der Waals surface area contributed by atoms with Crippen LogP contribution in [0.1, 0.15) is 21.5 Å². The van der Waals surface area contributed by atoms with Crippen LogP contribution in [0.3, 0.4) is 0 Å². The molecule has 0 fully saturated rings. The Balaban J connectivity index is 1.92. The van der Waals surface area contributed by atoms with Crippen LogP contribution in [0.15, 0.2) is 59.5 Å². The fourth-order valence-electron chi connectivity index (χ4n) is 2.62. The Labute approximate surface area is 145 Å². The maximum atomic E-state index is 12.4. The molecule has 0 aliphatic heterocycles. The molecule has 3 N–H and O–H groups in total. The van der Waals surface area contributed by atoms with Crippen LogP contribution in [0.4, 0.5) is 5.69 Å². The lowest BCUT2D eigenvalue weighted by Crippen LogP contribution is -2.15. The summed E-state index contributed by atoms with van der Waals surface area (Å²) in [5.41, 5.74) is 3.53. The number of rotatable bonds is 3. The van der Waals surface area contributed by atoms with Gasteiger partial charge < -0.3 is 15.4 Å². The number of nitrogens with one attached hydrogen (secondary N) is 2. The molecule has 25 heavy (non-hydrogen) atoms. The lowest BCUT2D eigenvalue weighted by molar-refractivity contribution is 0.102. The van der Waals surface area contributed by atoms with Crippen LogP contribution in [0.2, 0.25) is 0 Å². The first-order valence-corrected chi connectivity index (χ1v) is 7.85. The topological polar surface area (TPSA) is 82.2 Å². The predicted molar refractivity (Wildman–Crippen MR) is 98.0 cm³/mol. The average molecular weight is 334 g/mol. The van der Waals surface area contributed by atoms with Gasteiger partial charge in [-0.15, -0.1) is 0 Å². The van der Waals surface area contributed by atoms with Gasteiger partial charge in [-0.3, -0.25) is 9.59 Å². The smallest absolute Gasteiger partial charge is 0.259 e. The molecular formula is C20H18N2O3. The van der Waals surface area contributed by atoms with Crippen LogP contribution in [-0.4, -0.2) is 16.0 Å². The number of pyridine rings is 1. The summed E-state index contributed by atoms with van der Waals surface area (Å²) in [5, 5.41) is 12.6. The summed E-state index contributed by atoms with van der Waals surface area (Å²) in [7, 11) is 0. The van der Waals surface area contributed by atoms with Gasteiger partial charge in [0.1, 0.15) is 5.75 Å². The van der Waals surface area contributed by atoms with Crippen molar-refractivity contribution in [3.05, 3.63) is 81.8 Å². The van der Waals surface area contributed by atoms with E-state index in [4.69, 9.17) is 0 Å². The van der Waals surface area contributed by atoms with Crippen molar-refractivity contribution >= 4 is 11.6 Å². The lowest BCUT2D eigenvalue weighted by Gasteiger charge is -2.09. The molecule has 5 nitrogen and oxygen atoms in total. The third kappa shape index (κ3) is 3.61. The van der Waals surface area contributed by atoms with Crippen LogP contribution in [0.5, 0.6) is 5.75 Å². The zero-order chi connectivity index (χ0) is 18.0. The van der Waals surface area contributed by atoms with Crippen LogP contribution in [0.25, 0.3) is 11.1 Å². The highest BCUT2D eigenvalue weighted by atomic mass is 16.3. The number of hydrogen-bond donors (Lipinski definition) is 3. The second kappa shape index (κ2) is 6.65. The number of amides is 1. The van der Waals surface area contributed by atoms with E-state index in [9.17, 15) is 14.7 Å². The summed E-state index contributed by atoms with van der Waals surface area (Å²) in [4.78, 5) is 27.1. The van der Waals surface area contributed by atoms with Gasteiger partial charge in [0.25, 0.3) is 11.5 Å². The molecule has 2 aromatic carbocycles. The second-order valence-electron chi connectivity index (χ2n) is 5.98. The van der Waals surface area contributed by atoms with E-state index in [0.717, 1.165) is 16.7 Å². The van der Waals surface area contributed by atoms with Crippen molar-refractivity contribution in [3.8, 4) is 16.9 Å². The van der Waals surface area contributed by atoms with Crippen molar-refractivity contribution in [1.29, 1.82) is 0 Å². The molecule has 1 aromatic heterocycles. The fraction of sp³-hybridized carbons (Fsp3) is 0.100. The first-order chi connectivity index (χ1) is 11.9. The number of carbonyl (C=O) groups is 1. The molecule has 5 heteroatoms. The first-order valence-electron chi connectivity index (χ1n) is 7.85. The fourth-order valence-corrected chi connectivity index (χ4v) is 2.62. The Bertz CT molecular complexity index is 1010. The van der Waals surface area contributed by atoms with Crippen LogP contribution >= 0.6 is 0 Å². The monoisotopic (exact) mass is 334 g/mol. The summed E-state index contributed by atoms with van der Waals surface area (Å²) in [6.45, 7) is 3.78. The summed E-state index contributed by atoms with van der Waals surface area (Å²) in [5.74, 6) is -0.527. The van der Waals surface area contributed by atoms with E-state index in [1.54, 1.807) is 18.2 Å². The molecule has 0 bridgehead atoms. The highest BCUT2D eigenvalue weighted by Gasteiger charge is 2.13. The minimum atomic E-state index is -0.445. The minimum Gasteiger partial charge on any atom is -0.507 e. The van der Waals surface area contributed by atoms with Gasteiger partial charge in [0.05, 0.1) is 11.3 Å². The number of carbonyl (C=O) groups excluding carboxylic acids is 1. The van der Waals surface area contributed by atoms with Gasteiger partial charge in [-0.2, -0.15) is 0 Å². The Morgan fingerprint density at radius 2 is 1.80 bits per heavy atom. The number of anilines is 1. The van der Waals surface area contributed by atoms with Gasteiger partial charge in [0.2, 0.25) is 0 Å². The number of aromatic amines is 1. The summed E-state index contributed by atoms with van der Waals surface area (Å²) in [6, 6.07) is 14.0. The van der Waals surface area contributed by atoms with Crippen LogP contribution in [0, 0.1) is 13.8 Å². The normalized spacial score (nSPS) is 10.5. The maximum Gasteiger partial charge on any atom is 0.259 e. The molecule has 0 spiro atoms. The number of hydrogen-bond acceptors (Lipinski definition) is 3. The third-order valence-corrected chi connectivity index (χ3v) is 3.89. The molecule has 0 atom stereocenters. The van der Waals surface area contributed by atoms with E-state index in [0.29, 0.717) is 11.3 Å². The highest BCUT2D eigenvalue weighted by molar-refractivity contribution is 6.06. The Morgan fingerprint density at radius 3 is 2.52 bits per heavy atom. The SMILES string of the molecule is Cc1cccc(-c2cc(NC(=O)c3ccc(C)cc3O)c[nH]c2=O)c1. The van der Waals surface area contributed by atoms with Crippen molar-refractivity contribution in [2.45, 2.75) is 13.8 Å². The molecule has 0 aliphatic carbocycles. The first kappa shape index (κ1) is 16.5. The van der Waals surface area contributed by atoms with Gasteiger partial charge >= 0.3 is 0 Å². The van der Waals surface area contributed by atoms with Crippen molar-refractivity contribution in [3.63, 3.8) is 0 Å². The average Bonchev–Trinajstić information content (AvgIpc) is 2.56. The number of aromatic nitrogens is 1. The zero-order valence-electron chi connectivity index (χ0n) is 14.0. The number of benzene rings is 2. The third-order valence-electron chi connectivity index (χ3n) is 3.89. The van der Waals surface area contributed by atoms with E-state index in [-0.39, 0.29) is 16.9 Å². The molecule has 1 amide bonds. The number of phenols is 1. The molecular weight excluding hydrogens is 316 g/mol. The van der Waals surface area contributed by atoms with Crippen molar-refractivity contribution < 1.29 is 9.90 Å². The molecule has 3 aromatic rings. The van der Waals surface area contributed by atoms with E-state index in [1.165, 1.54) is 12.3 Å². The van der Waals surface area contributed by atoms with Crippen LogP contribution < -0.4 is 10.9 Å². The number of phenolic OH excluding ortho intramolecular Hbond substituents is 1.